The van der Waals surface area contributed by atoms with E-state index < -0.39 is 0 Å². The summed E-state index contributed by atoms with van der Waals surface area (Å²) in [6.45, 7) is 4.43. The van der Waals surface area contributed by atoms with Crippen LogP contribution in [0, 0.1) is 13.8 Å². The summed E-state index contributed by atoms with van der Waals surface area (Å²) in [5.74, 6) is 1.43. The van der Waals surface area contributed by atoms with Gasteiger partial charge in [-0.2, -0.15) is 0 Å². The molecule has 4 aromatic rings. The highest BCUT2D eigenvalue weighted by molar-refractivity contribution is 5.58. The van der Waals surface area contributed by atoms with Crippen LogP contribution < -0.4 is 9.72 Å². The van der Waals surface area contributed by atoms with Crippen LogP contribution in [0.3, 0.4) is 0 Å². The number of nitrogens with zero attached hydrogens (tertiary/aromatic N) is 4. The van der Waals surface area contributed by atoms with Gasteiger partial charge in [0.2, 0.25) is 0 Å². The zero-order valence-electron chi connectivity index (χ0n) is 14.5. The first kappa shape index (κ1) is 15.4. The Kier molecular flexibility index (Phi) is 3.72. The number of rotatable bonds is 4. The molecule has 1 aromatic carbocycles. The lowest BCUT2D eigenvalue weighted by Crippen LogP contribution is -2.07. The van der Waals surface area contributed by atoms with E-state index in [0.717, 1.165) is 34.1 Å². The van der Waals surface area contributed by atoms with E-state index in [2.05, 4.69) is 27.2 Å². The molecule has 0 fully saturated rings. The van der Waals surface area contributed by atoms with E-state index in [4.69, 9.17) is 4.74 Å². The number of fused-ring (bicyclic) bond motifs is 1. The number of imidazole rings is 2. The van der Waals surface area contributed by atoms with Crippen molar-refractivity contribution in [3.05, 3.63) is 65.9 Å². The highest BCUT2D eigenvalue weighted by Gasteiger charge is 2.15. The summed E-state index contributed by atoms with van der Waals surface area (Å²) in [7, 11) is 1.98. The lowest BCUT2D eigenvalue weighted by atomic mass is 10.2. The largest absolute Gasteiger partial charge is 0.467 e. The second kappa shape index (κ2) is 6.05. The Labute approximate surface area is 145 Å². The van der Waals surface area contributed by atoms with E-state index >= 15 is 0 Å². The maximum absolute atomic E-state index is 5.87. The average molecular weight is 334 g/mol. The van der Waals surface area contributed by atoms with Gasteiger partial charge in [-0.3, -0.25) is 0 Å². The van der Waals surface area contributed by atoms with Crippen molar-refractivity contribution in [2.75, 3.05) is 0 Å². The highest BCUT2D eigenvalue weighted by Crippen LogP contribution is 2.18. The van der Waals surface area contributed by atoms with Crippen LogP contribution in [0.2, 0.25) is 0 Å². The molecular formula is C19H20N5O+. The zero-order chi connectivity index (χ0) is 17.4. The van der Waals surface area contributed by atoms with Crippen molar-refractivity contribution in [2.24, 2.45) is 7.05 Å². The fourth-order valence-electron chi connectivity index (χ4n) is 2.80. The molecule has 0 atom stereocenters. The fraction of sp³-hybridized carbons (Fsp3) is 0.211. The molecule has 6 nitrogen and oxygen atoms in total. The minimum atomic E-state index is 0.366. The first-order valence-electron chi connectivity index (χ1n) is 8.20. The molecule has 6 heteroatoms. The molecule has 0 aliphatic carbocycles. The molecule has 0 aliphatic rings. The van der Waals surface area contributed by atoms with Crippen LogP contribution in [-0.2, 0) is 13.7 Å². The van der Waals surface area contributed by atoms with Crippen molar-refractivity contribution in [2.45, 2.75) is 20.5 Å². The van der Waals surface area contributed by atoms with E-state index in [1.165, 1.54) is 0 Å². The molecule has 4 rings (SSSR count). The standard InChI is InChI=1S/C19H19N5O/c1-13-14(2)24-17(20-13)9-10-19(22-24)25-12-18-21-16(11-23(18)3)15-7-5-4-6-8-15/h4-11H,12H2,1-3H3/p+1. The molecule has 0 saturated heterocycles. The van der Waals surface area contributed by atoms with Gasteiger partial charge in [0.1, 0.15) is 18.1 Å². The summed E-state index contributed by atoms with van der Waals surface area (Å²) in [4.78, 5) is 7.96. The first-order valence-corrected chi connectivity index (χ1v) is 8.20. The number of aryl methyl sites for hydroxylation is 3. The highest BCUT2D eigenvalue weighted by atomic mass is 16.5. The summed E-state index contributed by atoms with van der Waals surface area (Å²) in [6, 6.07) is 14.0. The molecular weight excluding hydrogens is 314 g/mol. The molecule has 0 bridgehead atoms. The summed E-state index contributed by atoms with van der Waals surface area (Å²) in [6.07, 6.45) is 2.01. The molecule has 0 radical (unpaired) electrons. The van der Waals surface area contributed by atoms with Crippen molar-refractivity contribution in [1.29, 1.82) is 0 Å². The van der Waals surface area contributed by atoms with Crippen LogP contribution in [0.25, 0.3) is 16.9 Å². The van der Waals surface area contributed by atoms with Gasteiger partial charge < -0.3 is 9.30 Å². The van der Waals surface area contributed by atoms with Crippen molar-refractivity contribution in [3.8, 4) is 17.1 Å². The smallest absolute Gasteiger partial charge is 0.305 e. The van der Waals surface area contributed by atoms with Crippen LogP contribution in [0.1, 0.15) is 17.2 Å². The molecule has 0 amide bonds. The molecule has 1 N–H and O–H groups in total. The minimum Gasteiger partial charge on any atom is -0.467 e. The second-order valence-electron chi connectivity index (χ2n) is 6.11. The van der Waals surface area contributed by atoms with Gasteiger partial charge in [-0.25, -0.2) is 9.97 Å². The van der Waals surface area contributed by atoms with Gasteiger partial charge in [0.25, 0.3) is 5.88 Å². The van der Waals surface area contributed by atoms with Crippen molar-refractivity contribution < 1.29 is 9.72 Å². The number of aromatic amines is 1. The maximum Gasteiger partial charge on any atom is 0.305 e. The number of benzene rings is 1. The quantitative estimate of drug-likeness (QED) is 0.576. The van der Waals surface area contributed by atoms with E-state index in [0.29, 0.717) is 12.5 Å². The van der Waals surface area contributed by atoms with Crippen LogP contribution >= 0.6 is 0 Å². The average Bonchev–Trinajstić information content (AvgIpc) is 3.14. The summed E-state index contributed by atoms with van der Waals surface area (Å²) in [5, 5.41) is 4.53. The van der Waals surface area contributed by atoms with Gasteiger partial charge in [0, 0.05) is 44.8 Å². The molecule has 3 heterocycles. The maximum atomic E-state index is 5.87. The topological polar surface area (TPSA) is 58.5 Å². The number of ether oxygens (including phenoxy) is 1. The number of aromatic nitrogens is 5. The molecule has 0 spiro atoms. The van der Waals surface area contributed by atoms with Crippen molar-refractivity contribution in [3.63, 3.8) is 0 Å². The normalized spacial score (nSPS) is 11.2. The van der Waals surface area contributed by atoms with Gasteiger partial charge in [-0.05, 0) is 5.10 Å². The van der Waals surface area contributed by atoms with Crippen LogP contribution in [0.5, 0.6) is 5.88 Å². The molecule has 25 heavy (non-hydrogen) atoms. The van der Waals surface area contributed by atoms with Gasteiger partial charge >= 0.3 is 5.65 Å². The SMILES string of the molecule is Cc1[nH+]c2ccc(OCc3nc(-c4ccccc4)cn3C)nn2c1C. The number of H-pyrrole nitrogens is 1. The molecule has 126 valence electrons. The Hall–Kier alpha value is -3.15. The van der Waals surface area contributed by atoms with Crippen LogP contribution in [0.15, 0.2) is 48.7 Å². The molecule has 0 saturated carbocycles. The van der Waals surface area contributed by atoms with Crippen molar-refractivity contribution in [1.82, 2.24) is 19.2 Å². The third kappa shape index (κ3) is 2.87. The summed E-state index contributed by atoms with van der Waals surface area (Å²) in [5.41, 5.74) is 5.16. The number of hydrogen-bond acceptors (Lipinski definition) is 3. The number of nitrogens with one attached hydrogen (secondary N) is 1. The van der Waals surface area contributed by atoms with E-state index in [-0.39, 0.29) is 0 Å². The molecule has 3 aromatic heterocycles. The Morgan fingerprint density at radius 2 is 1.88 bits per heavy atom. The van der Waals surface area contributed by atoms with E-state index in [1.54, 1.807) is 0 Å². The molecule has 0 unspecified atom stereocenters. The minimum absolute atomic E-state index is 0.366. The van der Waals surface area contributed by atoms with Gasteiger partial charge in [0.15, 0.2) is 5.69 Å². The predicted molar refractivity (Wildman–Crippen MR) is 94.2 cm³/mol. The van der Waals surface area contributed by atoms with E-state index in [9.17, 15) is 0 Å². The molecule has 0 aliphatic heterocycles. The first-order chi connectivity index (χ1) is 12.1. The third-order valence-corrected chi connectivity index (χ3v) is 4.38. The fourth-order valence-corrected chi connectivity index (χ4v) is 2.80. The Balaban J connectivity index is 1.55. The van der Waals surface area contributed by atoms with Crippen LogP contribution in [-0.4, -0.2) is 19.2 Å². The van der Waals surface area contributed by atoms with Crippen molar-refractivity contribution >= 4 is 5.65 Å². The zero-order valence-corrected chi connectivity index (χ0v) is 14.5. The van der Waals surface area contributed by atoms with E-state index in [1.807, 2.05) is 66.5 Å². The third-order valence-electron chi connectivity index (χ3n) is 4.38. The lowest BCUT2D eigenvalue weighted by Gasteiger charge is -2.03. The second-order valence-corrected chi connectivity index (χ2v) is 6.11. The Bertz CT molecular complexity index is 1030. The Morgan fingerprint density at radius 1 is 1.08 bits per heavy atom. The van der Waals surface area contributed by atoms with Gasteiger partial charge in [0.05, 0.1) is 5.69 Å². The summed E-state index contributed by atoms with van der Waals surface area (Å²) < 4.78 is 9.71. The summed E-state index contributed by atoms with van der Waals surface area (Å²) >= 11 is 0. The van der Waals surface area contributed by atoms with Gasteiger partial charge in [-0.15, -0.1) is 0 Å². The Morgan fingerprint density at radius 3 is 2.68 bits per heavy atom. The van der Waals surface area contributed by atoms with Gasteiger partial charge in [-0.1, -0.05) is 34.8 Å². The predicted octanol–water partition coefficient (Wildman–Crippen LogP) is 2.74. The van der Waals surface area contributed by atoms with Crippen LogP contribution in [0.4, 0.5) is 0 Å². The monoisotopic (exact) mass is 334 g/mol. The lowest BCUT2D eigenvalue weighted by molar-refractivity contribution is -0.354. The number of hydrogen-bond donors (Lipinski definition) is 0.